The van der Waals surface area contributed by atoms with Crippen molar-refractivity contribution < 1.29 is 0 Å². The summed E-state index contributed by atoms with van der Waals surface area (Å²) in [7, 11) is 0. The van der Waals surface area contributed by atoms with Crippen molar-refractivity contribution >= 4 is 0 Å². The van der Waals surface area contributed by atoms with Crippen LogP contribution >= 0.6 is 0 Å². The summed E-state index contributed by atoms with van der Waals surface area (Å²) in [4.78, 5) is 2.52. The number of nitrogens with zero attached hydrogens (tertiary/aromatic N) is 1. The van der Waals surface area contributed by atoms with Crippen molar-refractivity contribution in [2.24, 2.45) is 11.7 Å². The maximum Gasteiger partial charge on any atom is 0.0343 e. The lowest BCUT2D eigenvalue weighted by molar-refractivity contribution is 0.102. The molecule has 2 heteroatoms. The molecule has 0 aliphatic heterocycles. The van der Waals surface area contributed by atoms with Gasteiger partial charge in [-0.1, -0.05) is 51.1 Å². The Morgan fingerprint density at radius 3 is 2.28 bits per heavy atom. The first kappa shape index (κ1) is 15.2. The predicted octanol–water partition coefficient (Wildman–Crippen LogP) is 2.92. The van der Waals surface area contributed by atoms with Crippen LogP contribution in [0.25, 0.3) is 0 Å². The topological polar surface area (TPSA) is 29.3 Å². The molecular weight excluding hydrogens is 220 g/mol. The number of benzene rings is 1. The molecule has 0 saturated carbocycles. The smallest absolute Gasteiger partial charge is 0.0343 e. The van der Waals surface area contributed by atoms with Crippen molar-refractivity contribution in [3.8, 4) is 0 Å². The Bertz CT molecular complexity index is 334. The molecule has 0 aliphatic carbocycles. The lowest BCUT2D eigenvalue weighted by atomic mass is 9.90. The SMILES string of the molecule is CCN(CC(C)C)C(C)(CN)Cc1ccccc1. The largest absolute Gasteiger partial charge is 0.329 e. The lowest BCUT2D eigenvalue weighted by Crippen LogP contribution is -2.54. The molecule has 1 unspecified atom stereocenters. The number of nitrogens with two attached hydrogens (primary N) is 1. The first-order chi connectivity index (χ1) is 8.51. The van der Waals surface area contributed by atoms with Gasteiger partial charge in [0, 0.05) is 18.6 Å². The van der Waals surface area contributed by atoms with E-state index in [-0.39, 0.29) is 5.54 Å². The van der Waals surface area contributed by atoms with Crippen LogP contribution < -0.4 is 5.73 Å². The van der Waals surface area contributed by atoms with Crippen LogP contribution in [0.15, 0.2) is 30.3 Å². The second-order valence-corrected chi connectivity index (χ2v) is 5.80. The van der Waals surface area contributed by atoms with Gasteiger partial charge in [-0.3, -0.25) is 4.90 Å². The van der Waals surface area contributed by atoms with E-state index in [1.54, 1.807) is 0 Å². The van der Waals surface area contributed by atoms with Crippen LogP contribution in [0.2, 0.25) is 0 Å². The van der Waals surface area contributed by atoms with E-state index in [2.05, 4.69) is 62.9 Å². The van der Waals surface area contributed by atoms with E-state index in [9.17, 15) is 0 Å². The van der Waals surface area contributed by atoms with Gasteiger partial charge in [-0.05, 0) is 31.4 Å². The van der Waals surface area contributed by atoms with E-state index < -0.39 is 0 Å². The van der Waals surface area contributed by atoms with E-state index in [0.717, 1.165) is 19.5 Å². The number of likely N-dealkylation sites (N-methyl/N-ethyl adjacent to an activating group) is 1. The Labute approximate surface area is 112 Å². The Balaban J connectivity index is 2.82. The van der Waals surface area contributed by atoms with E-state index in [4.69, 9.17) is 5.73 Å². The summed E-state index contributed by atoms with van der Waals surface area (Å²) < 4.78 is 0. The molecule has 0 spiro atoms. The highest BCUT2D eigenvalue weighted by Gasteiger charge is 2.29. The lowest BCUT2D eigenvalue weighted by Gasteiger charge is -2.41. The number of hydrogen-bond donors (Lipinski definition) is 1. The second-order valence-electron chi connectivity index (χ2n) is 5.80. The Morgan fingerprint density at radius 1 is 1.22 bits per heavy atom. The summed E-state index contributed by atoms with van der Waals surface area (Å²) in [6.45, 7) is 11.9. The van der Waals surface area contributed by atoms with Crippen molar-refractivity contribution in [1.82, 2.24) is 4.90 Å². The van der Waals surface area contributed by atoms with Gasteiger partial charge in [-0.15, -0.1) is 0 Å². The van der Waals surface area contributed by atoms with Gasteiger partial charge in [-0.25, -0.2) is 0 Å². The Kier molecular flexibility index (Phi) is 5.83. The number of hydrogen-bond acceptors (Lipinski definition) is 2. The van der Waals surface area contributed by atoms with Crippen molar-refractivity contribution in [2.75, 3.05) is 19.6 Å². The van der Waals surface area contributed by atoms with Crippen molar-refractivity contribution in [3.05, 3.63) is 35.9 Å². The third-order valence-corrected chi connectivity index (χ3v) is 3.60. The van der Waals surface area contributed by atoms with Crippen molar-refractivity contribution in [2.45, 2.75) is 39.7 Å². The standard InChI is InChI=1S/C16H28N2/c1-5-18(12-14(2)3)16(4,13-17)11-15-9-7-6-8-10-15/h6-10,14H,5,11-13,17H2,1-4H3. The molecule has 0 aliphatic rings. The first-order valence-corrected chi connectivity index (χ1v) is 7.01. The predicted molar refractivity (Wildman–Crippen MR) is 79.7 cm³/mol. The Morgan fingerprint density at radius 2 is 1.83 bits per heavy atom. The summed E-state index contributed by atoms with van der Waals surface area (Å²) in [5.74, 6) is 0.673. The van der Waals surface area contributed by atoms with Crippen LogP contribution in [-0.2, 0) is 6.42 Å². The molecule has 0 amide bonds. The van der Waals surface area contributed by atoms with Crippen molar-refractivity contribution in [1.29, 1.82) is 0 Å². The van der Waals surface area contributed by atoms with Crippen LogP contribution in [-0.4, -0.2) is 30.1 Å². The summed E-state index contributed by atoms with van der Waals surface area (Å²) in [6.07, 6.45) is 1.02. The molecule has 2 nitrogen and oxygen atoms in total. The highest BCUT2D eigenvalue weighted by Crippen LogP contribution is 2.21. The summed E-state index contributed by atoms with van der Waals surface area (Å²) in [5.41, 5.74) is 7.49. The molecule has 0 saturated heterocycles. The molecule has 18 heavy (non-hydrogen) atoms. The second kappa shape index (κ2) is 6.91. The van der Waals surface area contributed by atoms with Gasteiger partial charge < -0.3 is 5.73 Å². The highest BCUT2D eigenvalue weighted by atomic mass is 15.2. The minimum atomic E-state index is 0.0559. The van der Waals surface area contributed by atoms with Gasteiger partial charge in [0.05, 0.1) is 0 Å². The fourth-order valence-corrected chi connectivity index (χ4v) is 2.52. The zero-order valence-electron chi connectivity index (χ0n) is 12.3. The minimum absolute atomic E-state index is 0.0559. The van der Waals surface area contributed by atoms with Gasteiger partial charge in [0.2, 0.25) is 0 Å². The fraction of sp³-hybridized carbons (Fsp3) is 0.625. The molecule has 1 aromatic rings. The van der Waals surface area contributed by atoms with Crippen LogP contribution in [0.5, 0.6) is 0 Å². The summed E-state index contributed by atoms with van der Waals surface area (Å²) in [6, 6.07) is 10.7. The normalized spacial score (nSPS) is 15.1. The monoisotopic (exact) mass is 248 g/mol. The molecule has 2 N–H and O–H groups in total. The maximum atomic E-state index is 6.07. The van der Waals surface area contributed by atoms with E-state index >= 15 is 0 Å². The van der Waals surface area contributed by atoms with Crippen LogP contribution in [0.3, 0.4) is 0 Å². The van der Waals surface area contributed by atoms with Crippen LogP contribution in [0, 0.1) is 5.92 Å². The molecule has 0 bridgehead atoms. The molecular formula is C16H28N2. The highest BCUT2D eigenvalue weighted by molar-refractivity contribution is 5.18. The zero-order chi connectivity index (χ0) is 13.6. The van der Waals surface area contributed by atoms with Gasteiger partial charge in [-0.2, -0.15) is 0 Å². The molecule has 1 atom stereocenters. The first-order valence-electron chi connectivity index (χ1n) is 7.01. The van der Waals surface area contributed by atoms with Gasteiger partial charge in [0.25, 0.3) is 0 Å². The molecule has 102 valence electrons. The van der Waals surface area contributed by atoms with E-state index in [0.29, 0.717) is 12.5 Å². The van der Waals surface area contributed by atoms with Crippen LogP contribution in [0.1, 0.15) is 33.3 Å². The summed E-state index contributed by atoms with van der Waals surface area (Å²) in [5, 5.41) is 0. The van der Waals surface area contributed by atoms with Gasteiger partial charge in [0.15, 0.2) is 0 Å². The third kappa shape index (κ3) is 4.11. The number of rotatable bonds is 7. The average molecular weight is 248 g/mol. The summed E-state index contributed by atoms with van der Waals surface area (Å²) >= 11 is 0. The van der Waals surface area contributed by atoms with Crippen molar-refractivity contribution in [3.63, 3.8) is 0 Å². The maximum absolute atomic E-state index is 6.07. The van der Waals surface area contributed by atoms with E-state index in [1.807, 2.05) is 0 Å². The molecule has 0 radical (unpaired) electrons. The molecule has 0 fully saturated rings. The average Bonchev–Trinajstić information content (AvgIpc) is 2.36. The molecule has 0 heterocycles. The van der Waals surface area contributed by atoms with Gasteiger partial charge >= 0.3 is 0 Å². The molecule has 1 rings (SSSR count). The fourth-order valence-electron chi connectivity index (χ4n) is 2.52. The van der Waals surface area contributed by atoms with Gasteiger partial charge in [0.1, 0.15) is 0 Å². The third-order valence-electron chi connectivity index (χ3n) is 3.60. The molecule has 1 aromatic carbocycles. The minimum Gasteiger partial charge on any atom is -0.329 e. The molecule has 0 aromatic heterocycles. The quantitative estimate of drug-likeness (QED) is 0.804. The zero-order valence-corrected chi connectivity index (χ0v) is 12.3. The Hall–Kier alpha value is -0.860. The van der Waals surface area contributed by atoms with E-state index in [1.165, 1.54) is 5.56 Å². The van der Waals surface area contributed by atoms with Crippen LogP contribution in [0.4, 0.5) is 0 Å².